The van der Waals surface area contributed by atoms with Gasteiger partial charge < -0.3 is 9.64 Å². The molecule has 2 aromatic rings. The summed E-state index contributed by atoms with van der Waals surface area (Å²) in [7, 11) is 0. The maximum absolute atomic E-state index is 12.7. The molecule has 0 spiro atoms. The number of aryl methyl sites for hydroxylation is 4. The van der Waals surface area contributed by atoms with Crippen molar-refractivity contribution in [2.45, 2.75) is 39.7 Å². The molecule has 7 heteroatoms. The summed E-state index contributed by atoms with van der Waals surface area (Å²) in [5, 5.41) is 0.930. The number of hydrogen-bond acceptors (Lipinski definition) is 6. The standard InChI is InChI=1S/C17H22N4O2S/c1-11-8-14(19-10-18-11)4-5-15-9-21(6-7-23-15)17(22)16-12(2)20-13(3)24-16/h8,10,15H,4-7,9H2,1-3H3/t15-/m0/s1. The lowest BCUT2D eigenvalue weighted by atomic mass is 10.1. The van der Waals surface area contributed by atoms with Gasteiger partial charge in [0.1, 0.15) is 11.2 Å². The molecule has 0 saturated carbocycles. The minimum atomic E-state index is 0.0484. The summed E-state index contributed by atoms with van der Waals surface area (Å²) in [6, 6.07) is 2.00. The number of amides is 1. The number of nitrogens with zero attached hydrogens (tertiary/aromatic N) is 4. The topological polar surface area (TPSA) is 68.2 Å². The van der Waals surface area contributed by atoms with E-state index in [1.807, 2.05) is 31.7 Å². The number of rotatable bonds is 4. The third-order valence-corrected chi connectivity index (χ3v) is 5.17. The van der Waals surface area contributed by atoms with Crippen LogP contribution in [-0.4, -0.2) is 51.6 Å². The van der Waals surface area contributed by atoms with Gasteiger partial charge >= 0.3 is 0 Å². The Kier molecular flexibility index (Phi) is 5.20. The molecular formula is C17H22N4O2S. The van der Waals surface area contributed by atoms with Crippen molar-refractivity contribution >= 4 is 17.2 Å². The van der Waals surface area contributed by atoms with E-state index >= 15 is 0 Å². The highest BCUT2D eigenvalue weighted by atomic mass is 32.1. The zero-order valence-corrected chi connectivity index (χ0v) is 15.1. The second kappa shape index (κ2) is 7.36. The van der Waals surface area contributed by atoms with Crippen molar-refractivity contribution in [1.29, 1.82) is 0 Å². The van der Waals surface area contributed by atoms with Crippen LogP contribution in [0, 0.1) is 20.8 Å². The Morgan fingerprint density at radius 3 is 2.92 bits per heavy atom. The molecule has 1 aliphatic heterocycles. The average Bonchev–Trinajstić information content (AvgIpc) is 2.91. The van der Waals surface area contributed by atoms with Gasteiger partial charge in [-0.3, -0.25) is 4.79 Å². The van der Waals surface area contributed by atoms with Crippen LogP contribution in [0.2, 0.25) is 0 Å². The molecule has 1 amide bonds. The SMILES string of the molecule is Cc1cc(CC[C@H]2CN(C(=O)c3sc(C)nc3C)CCO2)ncn1. The third kappa shape index (κ3) is 3.96. The van der Waals surface area contributed by atoms with Crippen LogP contribution in [0.5, 0.6) is 0 Å². The number of ether oxygens (including phenoxy) is 1. The lowest BCUT2D eigenvalue weighted by Crippen LogP contribution is -2.45. The molecule has 6 nitrogen and oxygen atoms in total. The van der Waals surface area contributed by atoms with Crippen molar-refractivity contribution in [3.8, 4) is 0 Å². The van der Waals surface area contributed by atoms with Gasteiger partial charge in [-0.15, -0.1) is 11.3 Å². The van der Waals surface area contributed by atoms with Gasteiger partial charge in [0.2, 0.25) is 0 Å². The van der Waals surface area contributed by atoms with Crippen molar-refractivity contribution < 1.29 is 9.53 Å². The summed E-state index contributed by atoms with van der Waals surface area (Å²) < 4.78 is 5.83. The van der Waals surface area contributed by atoms with E-state index in [4.69, 9.17) is 4.74 Å². The molecule has 128 valence electrons. The van der Waals surface area contributed by atoms with Crippen LogP contribution in [0.15, 0.2) is 12.4 Å². The zero-order chi connectivity index (χ0) is 17.1. The molecule has 1 fully saturated rings. The van der Waals surface area contributed by atoms with Crippen molar-refractivity contribution in [2.75, 3.05) is 19.7 Å². The molecule has 0 bridgehead atoms. The Hall–Kier alpha value is -1.86. The van der Waals surface area contributed by atoms with Crippen LogP contribution in [0.25, 0.3) is 0 Å². The Morgan fingerprint density at radius 1 is 1.38 bits per heavy atom. The van der Waals surface area contributed by atoms with E-state index in [0.717, 1.165) is 39.8 Å². The van der Waals surface area contributed by atoms with Crippen LogP contribution < -0.4 is 0 Å². The molecule has 1 atom stereocenters. The van der Waals surface area contributed by atoms with Gasteiger partial charge in [0.15, 0.2) is 0 Å². The lowest BCUT2D eigenvalue weighted by Gasteiger charge is -2.32. The maximum Gasteiger partial charge on any atom is 0.266 e. The second-order valence-electron chi connectivity index (χ2n) is 6.08. The van der Waals surface area contributed by atoms with E-state index in [0.29, 0.717) is 19.7 Å². The minimum Gasteiger partial charge on any atom is -0.375 e. The van der Waals surface area contributed by atoms with Crippen molar-refractivity contribution in [3.63, 3.8) is 0 Å². The fourth-order valence-corrected chi connectivity index (χ4v) is 3.79. The second-order valence-corrected chi connectivity index (χ2v) is 7.28. The predicted octanol–water partition coefficient (Wildman–Crippen LogP) is 2.33. The molecule has 24 heavy (non-hydrogen) atoms. The maximum atomic E-state index is 12.7. The number of carbonyl (C=O) groups excluding carboxylic acids is 1. The molecule has 1 saturated heterocycles. The smallest absolute Gasteiger partial charge is 0.266 e. The summed E-state index contributed by atoms with van der Waals surface area (Å²) in [5.41, 5.74) is 2.81. The highest BCUT2D eigenvalue weighted by molar-refractivity contribution is 7.13. The predicted molar refractivity (Wildman–Crippen MR) is 92.3 cm³/mol. The summed E-state index contributed by atoms with van der Waals surface area (Å²) in [6.45, 7) is 7.63. The first-order chi connectivity index (χ1) is 11.5. The number of hydrogen-bond donors (Lipinski definition) is 0. The number of carbonyl (C=O) groups is 1. The molecule has 1 aliphatic rings. The van der Waals surface area contributed by atoms with E-state index in [-0.39, 0.29) is 12.0 Å². The summed E-state index contributed by atoms with van der Waals surface area (Å²) in [5.74, 6) is 0.0734. The first-order valence-electron chi connectivity index (χ1n) is 8.15. The molecular weight excluding hydrogens is 324 g/mol. The van der Waals surface area contributed by atoms with Crippen LogP contribution in [0.3, 0.4) is 0 Å². The van der Waals surface area contributed by atoms with E-state index in [2.05, 4.69) is 15.0 Å². The Morgan fingerprint density at radius 2 is 2.21 bits per heavy atom. The number of morpholine rings is 1. The van der Waals surface area contributed by atoms with E-state index in [1.54, 1.807) is 6.33 Å². The van der Waals surface area contributed by atoms with Crippen LogP contribution in [-0.2, 0) is 11.2 Å². The number of thiazole rings is 1. The molecule has 0 radical (unpaired) electrons. The molecule has 2 aromatic heterocycles. The Balaban J connectivity index is 1.60. The summed E-state index contributed by atoms with van der Waals surface area (Å²) in [6.07, 6.45) is 3.32. The Labute approximate surface area is 145 Å². The van der Waals surface area contributed by atoms with Crippen LogP contribution in [0.1, 0.15) is 38.2 Å². The fraction of sp³-hybridized carbons (Fsp3) is 0.529. The molecule has 3 rings (SSSR count). The minimum absolute atomic E-state index is 0.0484. The highest BCUT2D eigenvalue weighted by Gasteiger charge is 2.27. The highest BCUT2D eigenvalue weighted by Crippen LogP contribution is 2.21. The van der Waals surface area contributed by atoms with Gasteiger partial charge in [0.05, 0.1) is 23.4 Å². The quantitative estimate of drug-likeness (QED) is 0.850. The van der Waals surface area contributed by atoms with E-state index in [1.165, 1.54) is 11.3 Å². The normalized spacial score (nSPS) is 18.0. The fourth-order valence-electron chi connectivity index (χ4n) is 2.91. The molecule has 0 unspecified atom stereocenters. The third-order valence-electron chi connectivity index (χ3n) is 4.11. The lowest BCUT2D eigenvalue weighted by molar-refractivity contribution is -0.0245. The average molecular weight is 346 g/mol. The number of aromatic nitrogens is 3. The van der Waals surface area contributed by atoms with Crippen LogP contribution in [0.4, 0.5) is 0 Å². The largest absolute Gasteiger partial charge is 0.375 e. The summed E-state index contributed by atoms with van der Waals surface area (Å²) >= 11 is 1.47. The molecule has 0 N–H and O–H groups in total. The van der Waals surface area contributed by atoms with Gasteiger partial charge in [-0.2, -0.15) is 0 Å². The van der Waals surface area contributed by atoms with E-state index in [9.17, 15) is 4.79 Å². The molecule has 0 aliphatic carbocycles. The van der Waals surface area contributed by atoms with Crippen LogP contribution >= 0.6 is 11.3 Å². The summed E-state index contributed by atoms with van der Waals surface area (Å²) in [4.78, 5) is 28.1. The van der Waals surface area contributed by atoms with Crippen molar-refractivity contribution in [1.82, 2.24) is 19.9 Å². The van der Waals surface area contributed by atoms with Crippen molar-refractivity contribution in [3.05, 3.63) is 39.4 Å². The Bertz CT molecular complexity index is 731. The van der Waals surface area contributed by atoms with Crippen molar-refractivity contribution in [2.24, 2.45) is 0 Å². The van der Waals surface area contributed by atoms with Gasteiger partial charge in [0, 0.05) is 24.5 Å². The first kappa shape index (κ1) is 17.0. The first-order valence-corrected chi connectivity index (χ1v) is 8.97. The van der Waals surface area contributed by atoms with Gasteiger partial charge in [-0.25, -0.2) is 15.0 Å². The van der Waals surface area contributed by atoms with Gasteiger partial charge in [-0.05, 0) is 39.7 Å². The zero-order valence-electron chi connectivity index (χ0n) is 14.3. The van der Waals surface area contributed by atoms with Gasteiger partial charge in [-0.1, -0.05) is 0 Å². The monoisotopic (exact) mass is 346 g/mol. The molecule has 0 aromatic carbocycles. The van der Waals surface area contributed by atoms with E-state index < -0.39 is 0 Å². The van der Waals surface area contributed by atoms with Gasteiger partial charge in [0.25, 0.3) is 5.91 Å². The molecule has 3 heterocycles.